The molecule has 2 N–H and O–H groups in total. The van der Waals surface area contributed by atoms with Crippen LogP contribution in [0.4, 0.5) is 13.2 Å². The Hall–Kier alpha value is -1.10. The first-order chi connectivity index (χ1) is 5.93. The van der Waals surface area contributed by atoms with Crippen LogP contribution in [-0.2, 0) is 6.18 Å². The second kappa shape index (κ2) is 3.33. The summed E-state index contributed by atoms with van der Waals surface area (Å²) >= 11 is 0. The van der Waals surface area contributed by atoms with Gasteiger partial charge in [-0.05, 0) is 18.6 Å². The molecule has 0 aliphatic rings. The minimum absolute atomic E-state index is 0.0231. The van der Waals surface area contributed by atoms with Crippen LogP contribution in [0.5, 0.6) is 0 Å². The van der Waals surface area contributed by atoms with Crippen molar-refractivity contribution in [3.05, 3.63) is 29.6 Å². The quantitative estimate of drug-likeness (QED) is 0.736. The van der Waals surface area contributed by atoms with E-state index >= 15 is 0 Å². The molecule has 0 aliphatic heterocycles. The third kappa shape index (κ3) is 2.18. The first kappa shape index (κ1) is 9.98. The lowest BCUT2D eigenvalue weighted by atomic mass is 10.1. The highest BCUT2D eigenvalue weighted by molar-refractivity contribution is 5.28. The summed E-state index contributed by atoms with van der Waals surface area (Å²) in [6.45, 7) is 1.49. The van der Waals surface area contributed by atoms with Crippen molar-refractivity contribution >= 4 is 0 Å². The Bertz CT molecular complexity index is 294. The number of hydrogen-bond donors (Lipinski definition) is 1. The number of alkyl halides is 3. The Balaban J connectivity index is 3.20. The molecule has 0 fully saturated rings. The molecule has 0 saturated carbocycles. The van der Waals surface area contributed by atoms with E-state index in [2.05, 4.69) is 4.98 Å². The molecule has 13 heavy (non-hydrogen) atoms. The second-order valence-electron chi connectivity index (χ2n) is 2.75. The predicted octanol–water partition coefficient (Wildman–Crippen LogP) is 2.12. The van der Waals surface area contributed by atoms with Gasteiger partial charge in [0.05, 0.1) is 5.56 Å². The number of aromatic nitrogens is 1. The highest BCUT2D eigenvalue weighted by atomic mass is 19.4. The minimum Gasteiger partial charge on any atom is -0.324 e. The lowest BCUT2D eigenvalue weighted by Crippen LogP contribution is -2.15. The van der Waals surface area contributed by atoms with E-state index in [4.69, 9.17) is 5.73 Å². The summed E-state index contributed by atoms with van der Waals surface area (Å²) in [6, 6.07) is 0.268. The highest BCUT2D eigenvalue weighted by Crippen LogP contribution is 2.33. The van der Waals surface area contributed by atoms with E-state index in [0.717, 1.165) is 18.5 Å². The largest absolute Gasteiger partial charge is 0.416 e. The number of nitrogens with zero attached hydrogens (tertiary/aromatic N) is 1. The zero-order chi connectivity index (χ0) is 10.1. The number of pyridine rings is 1. The van der Waals surface area contributed by atoms with Gasteiger partial charge in [0.1, 0.15) is 0 Å². The Morgan fingerprint density at radius 2 is 2.08 bits per heavy atom. The monoisotopic (exact) mass is 190 g/mol. The van der Waals surface area contributed by atoms with Crippen LogP contribution in [0.1, 0.15) is 24.1 Å². The molecular formula is C8H9F3N2. The van der Waals surface area contributed by atoms with Gasteiger partial charge >= 0.3 is 6.18 Å². The summed E-state index contributed by atoms with van der Waals surface area (Å²) in [5.41, 5.74) is 4.68. The van der Waals surface area contributed by atoms with Gasteiger partial charge in [-0.15, -0.1) is 0 Å². The van der Waals surface area contributed by atoms with Crippen LogP contribution in [0.3, 0.4) is 0 Å². The van der Waals surface area contributed by atoms with E-state index in [-0.39, 0.29) is 5.56 Å². The summed E-state index contributed by atoms with van der Waals surface area (Å²) in [5.74, 6) is 0. The first-order valence-electron chi connectivity index (χ1n) is 3.69. The predicted molar refractivity (Wildman–Crippen MR) is 41.8 cm³/mol. The molecule has 72 valence electrons. The number of hydrogen-bond acceptors (Lipinski definition) is 2. The fourth-order valence-corrected chi connectivity index (χ4v) is 1.03. The van der Waals surface area contributed by atoms with Crippen LogP contribution in [0.25, 0.3) is 0 Å². The molecular weight excluding hydrogens is 181 g/mol. The Labute approximate surface area is 73.6 Å². The molecule has 0 aromatic carbocycles. The molecule has 0 saturated heterocycles. The third-order valence-corrected chi connectivity index (χ3v) is 1.65. The van der Waals surface area contributed by atoms with Gasteiger partial charge in [0.2, 0.25) is 0 Å². The van der Waals surface area contributed by atoms with Crippen LogP contribution in [0, 0.1) is 0 Å². The van der Waals surface area contributed by atoms with Crippen molar-refractivity contribution in [1.29, 1.82) is 0 Å². The van der Waals surface area contributed by atoms with Crippen molar-refractivity contribution in [3.8, 4) is 0 Å². The van der Waals surface area contributed by atoms with Gasteiger partial charge in [-0.1, -0.05) is 0 Å². The average Bonchev–Trinajstić information content (AvgIpc) is 2.03. The van der Waals surface area contributed by atoms with Gasteiger partial charge in [-0.25, -0.2) is 0 Å². The summed E-state index contributed by atoms with van der Waals surface area (Å²) in [5, 5.41) is 0. The fraction of sp³-hybridized carbons (Fsp3) is 0.375. The maximum atomic E-state index is 12.3. The van der Waals surface area contributed by atoms with E-state index in [1.54, 1.807) is 0 Å². The van der Waals surface area contributed by atoms with Crippen molar-refractivity contribution < 1.29 is 13.2 Å². The van der Waals surface area contributed by atoms with Crippen molar-refractivity contribution in [3.63, 3.8) is 0 Å². The minimum atomic E-state index is -4.36. The first-order valence-corrected chi connectivity index (χ1v) is 3.69. The van der Waals surface area contributed by atoms with E-state index in [9.17, 15) is 13.2 Å². The molecule has 0 bridgehead atoms. The number of halogens is 3. The highest BCUT2D eigenvalue weighted by Gasteiger charge is 2.33. The van der Waals surface area contributed by atoms with Crippen molar-refractivity contribution in [2.45, 2.75) is 19.1 Å². The van der Waals surface area contributed by atoms with Crippen LogP contribution in [0.15, 0.2) is 18.5 Å². The molecule has 1 aromatic rings. The fourth-order valence-electron chi connectivity index (χ4n) is 1.03. The smallest absolute Gasteiger partial charge is 0.324 e. The van der Waals surface area contributed by atoms with Crippen molar-refractivity contribution in [2.24, 2.45) is 5.73 Å². The summed E-state index contributed by atoms with van der Waals surface area (Å²) in [4.78, 5) is 3.60. The average molecular weight is 190 g/mol. The van der Waals surface area contributed by atoms with Gasteiger partial charge in [0, 0.05) is 18.4 Å². The van der Waals surface area contributed by atoms with E-state index in [1.165, 1.54) is 6.92 Å². The summed E-state index contributed by atoms with van der Waals surface area (Å²) in [7, 11) is 0. The van der Waals surface area contributed by atoms with E-state index in [0.29, 0.717) is 0 Å². The zero-order valence-corrected chi connectivity index (χ0v) is 6.97. The molecule has 0 unspecified atom stereocenters. The molecule has 1 heterocycles. The molecule has 1 rings (SSSR count). The summed E-state index contributed by atoms with van der Waals surface area (Å²) in [6.07, 6.45) is -2.10. The van der Waals surface area contributed by atoms with E-state index < -0.39 is 17.8 Å². The van der Waals surface area contributed by atoms with E-state index in [1.807, 2.05) is 0 Å². The molecule has 2 nitrogen and oxygen atoms in total. The Kier molecular flexibility index (Phi) is 2.56. The molecule has 0 aliphatic carbocycles. The molecule has 0 spiro atoms. The molecule has 0 radical (unpaired) electrons. The van der Waals surface area contributed by atoms with Crippen molar-refractivity contribution in [1.82, 2.24) is 4.98 Å². The van der Waals surface area contributed by atoms with Gasteiger partial charge in [0.15, 0.2) is 0 Å². The normalized spacial score (nSPS) is 14.2. The topological polar surface area (TPSA) is 38.9 Å². The molecule has 5 heteroatoms. The standard InChI is InChI=1S/C8H9F3N2/c1-5(12)6-4-13-3-2-7(6)8(9,10)11/h2-5H,12H2,1H3/t5-/m1/s1. The SMILES string of the molecule is C[C@@H](N)c1cnccc1C(F)(F)F. The lowest BCUT2D eigenvalue weighted by molar-refractivity contribution is -0.138. The zero-order valence-electron chi connectivity index (χ0n) is 6.97. The lowest BCUT2D eigenvalue weighted by Gasteiger charge is -2.13. The molecule has 0 amide bonds. The van der Waals surface area contributed by atoms with Crippen LogP contribution in [-0.4, -0.2) is 4.98 Å². The van der Waals surface area contributed by atoms with Crippen LogP contribution in [0.2, 0.25) is 0 Å². The molecule has 1 aromatic heterocycles. The van der Waals surface area contributed by atoms with Gasteiger partial charge in [-0.3, -0.25) is 4.98 Å². The maximum absolute atomic E-state index is 12.3. The van der Waals surface area contributed by atoms with Crippen LogP contribution < -0.4 is 5.73 Å². The Morgan fingerprint density at radius 1 is 1.46 bits per heavy atom. The van der Waals surface area contributed by atoms with Gasteiger partial charge in [0.25, 0.3) is 0 Å². The maximum Gasteiger partial charge on any atom is 0.416 e. The third-order valence-electron chi connectivity index (χ3n) is 1.65. The van der Waals surface area contributed by atoms with Crippen molar-refractivity contribution in [2.75, 3.05) is 0 Å². The number of rotatable bonds is 1. The van der Waals surface area contributed by atoms with Gasteiger partial charge in [-0.2, -0.15) is 13.2 Å². The van der Waals surface area contributed by atoms with Crippen LogP contribution >= 0.6 is 0 Å². The second-order valence-corrected chi connectivity index (χ2v) is 2.75. The summed E-state index contributed by atoms with van der Waals surface area (Å²) < 4.78 is 37.0. The Morgan fingerprint density at radius 3 is 2.46 bits per heavy atom. The number of nitrogens with two attached hydrogens (primary N) is 1. The van der Waals surface area contributed by atoms with Gasteiger partial charge < -0.3 is 5.73 Å². The molecule has 1 atom stereocenters.